The van der Waals surface area contributed by atoms with Crippen molar-refractivity contribution in [1.82, 2.24) is 14.6 Å². The van der Waals surface area contributed by atoms with E-state index in [1.54, 1.807) is 35.0 Å². The van der Waals surface area contributed by atoms with E-state index in [-0.39, 0.29) is 6.42 Å². The van der Waals surface area contributed by atoms with Crippen LogP contribution in [0.4, 0.5) is 13.2 Å². The van der Waals surface area contributed by atoms with Crippen molar-refractivity contribution in [1.29, 1.82) is 0 Å². The van der Waals surface area contributed by atoms with Gasteiger partial charge in [-0.15, -0.1) is 0 Å². The monoisotopic (exact) mass is 367 g/mol. The number of nitrogens with zero attached hydrogens (tertiary/aromatic N) is 3. The van der Waals surface area contributed by atoms with Gasteiger partial charge in [0.05, 0.1) is 29.5 Å². The minimum Gasteiger partial charge on any atom is -0.299 e. The molecule has 0 saturated heterocycles. The molecule has 0 fully saturated rings. The van der Waals surface area contributed by atoms with Crippen LogP contribution >= 0.6 is 11.6 Å². The standard InChI is InChI=1S/C17H13ClF3N3O/c18-13-8-16-22-10-15(24(16)23-9-13)12-3-1-2-11(6-12)7-14(25)4-5-17(19,20)21/h1-3,6,8-10H,4-5,7H2. The molecule has 25 heavy (non-hydrogen) atoms. The summed E-state index contributed by atoms with van der Waals surface area (Å²) in [6, 6.07) is 8.71. The van der Waals surface area contributed by atoms with Crippen molar-refractivity contribution < 1.29 is 18.0 Å². The van der Waals surface area contributed by atoms with Gasteiger partial charge in [-0.25, -0.2) is 9.50 Å². The third-order valence-electron chi connectivity index (χ3n) is 3.64. The van der Waals surface area contributed by atoms with Gasteiger partial charge >= 0.3 is 6.18 Å². The van der Waals surface area contributed by atoms with Gasteiger partial charge in [-0.1, -0.05) is 29.8 Å². The molecule has 0 bridgehead atoms. The van der Waals surface area contributed by atoms with E-state index in [9.17, 15) is 18.0 Å². The summed E-state index contributed by atoms with van der Waals surface area (Å²) in [7, 11) is 0. The van der Waals surface area contributed by atoms with Crippen LogP contribution in [0.25, 0.3) is 16.9 Å². The maximum atomic E-state index is 12.2. The lowest BCUT2D eigenvalue weighted by atomic mass is 10.0. The van der Waals surface area contributed by atoms with Gasteiger partial charge in [0.15, 0.2) is 5.65 Å². The highest BCUT2D eigenvalue weighted by atomic mass is 35.5. The van der Waals surface area contributed by atoms with Crippen molar-refractivity contribution >= 4 is 23.0 Å². The summed E-state index contributed by atoms with van der Waals surface area (Å²) >= 11 is 5.88. The number of carbonyl (C=O) groups excluding carboxylic acids is 1. The number of Topliss-reactive ketones (excluding diaryl/α,β-unsaturated/α-hetero) is 1. The summed E-state index contributed by atoms with van der Waals surface area (Å²) in [5, 5.41) is 4.66. The number of halogens is 4. The van der Waals surface area contributed by atoms with E-state index in [1.165, 1.54) is 6.20 Å². The molecule has 0 saturated carbocycles. The number of benzene rings is 1. The summed E-state index contributed by atoms with van der Waals surface area (Å²) in [5.74, 6) is -0.447. The van der Waals surface area contributed by atoms with Crippen molar-refractivity contribution in [2.45, 2.75) is 25.4 Å². The number of aromatic nitrogens is 3. The molecule has 2 aromatic heterocycles. The molecule has 0 atom stereocenters. The molecule has 130 valence electrons. The lowest BCUT2D eigenvalue weighted by molar-refractivity contribution is -0.143. The molecule has 0 unspecified atom stereocenters. The van der Waals surface area contributed by atoms with Gasteiger partial charge in [-0.3, -0.25) is 4.79 Å². The summed E-state index contributed by atoms with van der Waals surface area (Å²) in [4.78, 5) is 16.0. The number of alkyl halides is 3. The molecular formula is C17H13ClF3N3O. The molecule has 0 spiro atoms. The SMILES string of the molecule is O=C(CCC(F)(F)F)Cc1cccc(-c2cnc3cc(Cl)cnn23)c1. The largest absolute Gasteiger partial charge is 0.389 e. The van der Waals surface area contributed by atoms with Crippen molar-refractivity contribution in [3.63, 3.8) is 0 Å². The van der Waals surface area contributed by atoms with Crippen LogP contribution in [-0.4, -0.2) is 26.6 Å². The average Bonchev–Trinajstić information content (AvgIpc) is 2.95. The Morgan fingerprint density at radius 2 is 2.00 bits per heavy atom. The third kappa shape index (κ3) is 4.36. The minimum atomic E-state index is -4.32. The summed E-state index contributed by atoms with van der Waals surface area (Å²) in [6.07, 6.45) is -2.85. The summed E-state index contributed by atoms with van der Waals surface area (Å²) in [6.45, 7) is 0. The Labute approximate surface area is 146 Å². The number of hydrogen-bond donors (Lipinski definition) is 0. The quantitative estimate of drug-likeness (QED) is 0.667. The molecule has 1 aromatic carbocycles. The topological polar surface area (TPSA) is 47.3 Å². The Morgan fingerprint density at radius 1 is 1.20 bits per heavy atom. The highest BCUT2D eigenvalue weighted by molar-refractivity contribution is 6.30. The van der Waals surface area contributed by atoms with Gasteiger partial charge < -0.3 is 0 Å². The van der Waals surface area contributed by atoms with Crippen LogP contribution in [-0.2, 0) is 11.2 Å². The Hall–Kier alpha value is -2.41. The predicted octanol–water partition coefficient (Wildman–Crippen LogP) is 4.50. The van der Waals surface area contributed by atoms with Crippen LogP contribution in [0.5, 0.6) is 0 Å². The Balaban J connectivity index is 1.80. The lowest BCUT2D eigenvalue weighted by Crippen LogP contribution is -2.12. The fourth-order valence-corrected chi connectivity index (χ4v) is 2.63. The maximum Gasteiger partial charge on any atom is 0.389 e. The molecule has 8 heteroatoms. The highest BCUT2D eigenvalue weighted by Gasteiger charge is 2.27. The van der Waals surface area contributed by atoms with Crippen LogP contribution in [0.3, 0.4) is 0 Å². The average molecular weight is 368 g/mol. The van der Waals surface area contributed by atoms with E-state index >= 15 is 0 Å². The first-order valence-corrected chi connectivity index (χ1v) is 7.87. The van der Waals surface area contributed by atoms with Crippen molar-refractivity contribution in [3.05, 3.63) is 53.3 Å². The highest BCUT2D eigenvalue weighted by Crippen LogP contribution is 2.24. The Morgan fingerprint density at radius 3 is 2.76 bits per heavy atom. The van der Waals surface area contributed by atoms with Crippen LogP contribution in [0.2, 0.25) is 5.02 Å². The molecule has 2 heterocycles. The van der Waals surface area contributed by atoms with Crippen molar-refractivity contribution in [2.24, 2.45) is 0 Å². The van der Waals surface area contributed by atoms with E-state index in [2.05, 4.69) is 10.1 Å². The van der Waals surface area contributed by atoms with Crippen LogP contribution in [0.15, 0.2) is 42.7 Å². The minimum absolute atomic E-state index is 0.0418. The Kier molecular flexibility index (Phi) is 4.76. The summed E-state index contributed by atoms with van der Waals surface area (Å²) < 4.78 is 38.2. The van der Waals surface area contributed by atoms with E-state index in [1.807, 2.05) is 6.07 Å². The molecule has 4 nitrogen and oxygen atoms in total. The zero-order valence-electron chi connectivity index (χ0n) is 12.9. The first-order valence-electron chi connectivity index (χ1n) is 7.49. The van der Waals surface area contributed by atoms with Gasteiger partial charge in [0, 0.05) is 24.5 Å². The van der Waals surface area contributed by atoms with Gasteiger partial charge in [-0.05, 0) is 11.6 Å². The van der Waals surface area contributed by atoms with Crippen molar-refractivity contribution in [3.8, 4) is 11.3 Å². The van der Waals surface area contributed by atoms with E-state index in [0.29, 0.717) is 21.9 Å². The van der Waals surface area contributed by atoms with E-state index < -0.39 is 24.8 Å². The fourth-order valence-electron chi connectivity index (χ4n) is 2.49. The first kappa shape index (κ1) is 17.4. The van der Waals surface area contributed by atoms with Crippen LogP contribution in [0.1, 0.15) is 18.4 Å². The molecule has 0 aliphatic heterocycles. The second kappa shape index (κ2) is 6.84. The van der Waals surface area contributed by atoms with E-state index in [4.69, 9.17) is 11.6 Å². The second-order valence-electron chi connectivity index (χ2n) is 5.62. The molecular weight excluding hydrogens is 355 g/mol. The van der Waals surface area contributed by atoms with E-state index in [0.717, 1.165) is 5.56 Å². The Bertz CT molecular complexity index is 921. The molecule has 0 amide bonds. The summed E-state index contributed by atoms with van der Waals surface area (Å²) in [5.41, 5.74) is 2.70. The molecule has 0 radical (unpaired) electrons. The molecule has 3 rings (SSSR count). The number of imidazole rings is 1. The van der Waals surface area contributed by atoms with Gasteiger partial charge in [-0.2, -0.15) is 18.3 Å². The predicted molar refractivity (Wildman–Crippen MR) is 87.4 cm³/mol. The van der Waals surface area contributed by atoms with Gasteiger partial charge in [0.2, 0.25) is 0 Å². The molecule has 0 aliphatic carbocycles. The van der Waals surface area contributed by atoms with Crippen LogP contribution < -0.4 is 0 Å². The molecule has 3 aromatic rings. The van der Waals surface area contributed by atoms with Crippen LogP contribution in [0, 0.1) is 0 Å². The second-order valence-corrected chi connectivity index (χ2v) is 6.05. The number of fused-ring (bicyclic) bond motifs is 1. The first-order chi connectivity index (χ1) is 11.8. The number of carbonyl (C=O) groups is 1. The smallest absolute Gasteiger partial charge is 0.299 e. The lowest BCUT2D eigenvalue weighted by Gasteiger charge is -2.07. The third-order valence-corrected chi connectivity index (χ3v) is 3.85. The van der Waals surface area contributed by atoms with Gasteiger partial charge in [0.25, 0.3) is 0 Å². The number of ketones is 1. The zero-order chi connectivity index (χ0) is 18.0. The maximum absolute atomic E-state index is 12.2. The molecule has 0 N–H and O–H groups in total. The number of hydrogen-bond acceptors (Lipinski definition) is 3. The zero-order valence-corrected chi connectivity index (χ0v) is 13.7. The molecule has 0 aliphatic rings. The van der Waals surface area contributed by atoms with Crippen molar-refractivity contribution in [2.75, 3.05) is 0 Å². The van der Waals surface area contributed by atoms with Gasteiger partial charge in [0.1, 0.15) is 5.78 Å². The normalized spacial score (nSPS) is 11.8. The number of rotatable bonds is 5. The fraction of sp³-hybridized carbons (Fsp3) is 0.235.